The van der Waals surface area contributed by atoms with Crippen molar-refractivity contribution in [1.82, 2.24) is 0 Å². The summed E-state index contributed by atoms with van der Waals surface area (Å²) in [6.07, 6.45) is 1.73. The molecule has 1 aliphatic rings. The number of hydrogen-bond acceptors (Lipinski definition) is 4. The first-order valence-corrected chi connectivity index (χ1v) is 7.11. The molecule has 0 unspecified atom stereocenters. The zero-order valence-electron chi connectivity index (χ0n) is 12.3. The van der Waals surface area contributed by atoms with Crippen molar-refractivity contribution in [3.05, 3.63) is 65.2 Å². The van der Waals surface area contributed by atoms with Crippen molar-refractivity contribution in [2.24, 2.45) is 0 Å². The number of carbonyl (C=O) groups excluding carboxylic acids is 2. The van der Waals surface area contributed by atoms with Crippen molar-refractivity contribution in [2.75, 3.05) is 0 Å². The highest BCUT2D eigenvalue weighted by atomic mass is 19.1. The van der Waals surface area contributed by atoms with Crippen LogP contribution in [0.15, 0.2) is 48.2 Å². The highest BCUT2D eigenvalue weighted by Crippen LogP contribution is 2.35. The molecular weight excluding hydrogens is 299 g/mol. The van der Waals surface area contributed by atoms with Gasteiger partial charge in [-0.2, -0.15) is 0 Å². The third-order valence-corrected chi connectivity index (χ3v) is 3.31. The topological polar surface area (TPSA) is 52.6 Å². The Balaban J connectivity index is 1.88. The van der Waals surface area contributed by atoms with Gasteiger partial charge < -0.3 is 9.47 Å². The zero-order valence-corrected chi connectivity index (χ0v) is 12.3. The van der Waals surface area contributed by atoms with E-state index in [-0.39, 0.29) is 23.9 Å². The number of allylic oxidation sites excluding steroid dienone is 1. The van der Waals surface area contributed by atoms with Crippen LogP contribution >= 0.6 is 0 Å². The fourth-order valence-corrected chi connectivity index (χ4v) is 2.18. The van der Waals surface area contributed by atoms with E-state index in [9.17, 15) is 14.0 Å². The lowest BCUT2D eigenvalue weighted by Crippen LogP contribution is -2.05. The van der Waals surface area contributed by atoms with Crippen molar-refractivity contribution >= 4 is 17.8 Å². The number of halogens is 1. The minimum atomic E-state index is -0.393. The van der Waals surface area contributed by atoms with Crippen molar-refractivity contribution in [1.29, 1.82) is 0 Å². The summed E-state index contributed by atoms with van der Waals surface area (Å²) >= 11 is 0. The second kappa shape index (κ2) is 6.04. The van der Waals surface area contributed by atoms with E-state index in [4.69, 9.17) is 9.47 Å². The van der Waals surface area contributed by atoms with Gasteiger partial charge in [0.15, 0.2) is 5.76 Å². The molecule has 0 spiro atoms. The van der Waals surface area contributed by atoms with Gasteiger partial charge in [0.2, 0.25) is 5.78 Å². The number of ketones is 1. The molecule has 3 rings (SSSR count). The minimum Gasteiger partial charge on any atom is -0.452 e. The largest absolute Gasteiger partial charge is 0.452 e. The summed E-state index contributed by atoms with van der Waals surface area (Å²) in [5.41, 5.74) is 0.905. The highest BCUT2D eigenvalue weighted by Gasteiger charge is 2.28. The quantitative estimate of drug-likeness (QED) is 0.492. The van der Waals surface area contributed by atoms with E-state index in [2.05, 4.69) is 0 Å². The average molecular weight is 312 g/mol. The summed E-state index contributed by atoms with van der Waals surface area (Å²) < 4.78 is 23.8. The highest BCUT2D eigenvalue weighted by molar-refractivity contribution is 6.14. The zero-order chi connectivity index (χ0) is 16.4. The van der Waals surface area contributed by atoms with Gasteiger partial charge in [0, 0.05) is 12.5 Å². The molecule has 0 saturated heterocycles. The Morgan fingerprint density at radius 1 is 1.26 bits per heavy atom. The van der Waals surface area contributed by atoms with Gasteiger partial charge in [-0.05, 0) is 35.9 Å². The van der Waals surface area contributed by atoms with E-state index in [1.165, 1.54) is 24.3 Å². The van der Waals surface area contributed by atoms with Crippen LogP contribution in [0.1, 0.15) is 29.3 Å². The predicted molar refractivity (Wildman–Crippen MR) is 81.7 cm³/mol. The van der Waals surface area contributed by atoms with Gasteiger partial charge in [-0.3, -0.25) is 9.59 Å². The van der Waals surface area contributed by atoms with Gasteiger partial charge in [0.05, 0.1) is 5.56 Å². The Labute approximate surface area is 132 Å². The standard InChI is InChI=1S/C18H13FO4/c1-2-17(20)22-13-6-7-14-15(10-13)23-16(18(14)21)9-11-4-3-5-12(19)8-11/h3-10H,2H2,1H3. The molecule has 0 radical (unpaired) electrons. The first-order chi connectivity index (χ1) is 11.1. The smallest absolute Gasteiger partial charge is 0.310 e. The first-order valence-electron chi connectivity index (χ1n) is 7.11. The van der Waals surface area contributed by atoms with Gasteiger partial charge in [-0.15, -0.1) is 0 Å². The van der Waals surface area contributed by atoms with Crippen LogP contribution in [0.4, 0.5) is 4.39 Å². The molecule has 23 heavy (non-hydrogen) atoms. The van der Waals surface area contributed by atoms with Crippen LogP contribution in [0.25, 0.3) is 6.08 Å². The molecule has 0 N–H and O–H groups in total. The monoisotopic (exact) mass is 312 g/mol. The average Bonchev–Trinajstić information content (AvgIpc) is 2.83. The Hall–Kier alpha value is -2.95. The lowest BCUT2D eigenvalue weighted by molar-refractivity contribution is -0.134. The molecule has 0 saturated carbocycles. The van der Waals surface area contributed by atoms with E-state index in [1.807, 2.05) is 0 Å². The van der Waals surface area contributed by atoms with Gasteiger partial charge >= 0.3 is 5.97 Å². The number of ether oxygens (including phenoxy) is 2. The summed E-state index contributed by atoms with van der Waals surface area (Å²) in [6.45, 7) is 1.69. The van der Waals surface area contributed by atoms with Gasteiger partial charge in [0.1, 0.15) is 17.3 Å². The maximum absolute atomic E-state index is 13.2. The van der Waals surface area contributed by atoms with Gasteiger partial charge in [-0.25, -0.2) is 4.39 Å². The minimum absolute atomic E-state index is 0.101. The number of benzene rings is 2. The molecule has 0 fully saturated rings. The normalized spacial score (nSPS) is 14.5. The molecule has 2 aromatic carbocycles. The Morgan fingerprint density at radius 2 is 2.09 bits per heavy atom. The molecule has 4 nitrogen and oxygen atoms in total. The van der Waals surface area contributed by atoms with E-state index in [0.717, 1.165) is 0 Å². The molecule has 2 aromatic rings. The van der Waals surface area contributed by atoms with Crippen LogP contribution in [0.2, 0.25) is 0 Å². The molecule has 116 valence electrons. The van der Waals surface area contributed by atoms with E-state index < -0.39 is 5.82 Å². The molecule has 0 bridgehead atoms. The number of hydrogen-bond donors (Lipinski definition) is 0. The Bertz CT molecular complexity index is 824. The fraction of sp³-hybridized carbons (Fsp3) is 0.111. The summed E-state index contributed by atoms with van der Waals surface area (Å²) in [4.78, 5) is 23.6. The third kappa shape index (κ3) is 3.13. The molecule has 0 amide bonds. The maximum atomic E-state index is 13.2. The first kappa shape index (κ1) is 15.0. The molecule has 1 aliphatic heterocycles. The lowest BCUT2D eigenvalue weighted by Gasteiger charge is -2.04. The van der Waals surface area contributed by atoms with Crippen LogP contribution in [0.5, 0.6) is 11.5 Å². The molecule has 0 aliphatic carbocycles. The number of carbonyl (C=O) groups is 2. The Morgan fingerprint density at radius 3 is 2.83 bits per heavy atom. The van der Waals surface area contributed by atoms with Crippen molar-refractivity contribution in [2.45, 2.75) is 13.3 Å². The van der Waals surface area contributed by atoms with Crippen LogP contribution in [-0.4, -0.2) is 11.8 Å². The lowest BCUT2D eigenvalue weighted by atomic mass is 10.1. The Kier molecular flexibility index (Phi) is 3.93. The predicted octanol–water partition coefficient (Wildman–Crippen LogP) is 3.76. The summed E-state index contributed by atoms with van der Waals surface area (Å²) in [5, 5.41) is 0. The number of esters is 1. The van der Waals surface area contributed by atoms with Gasteiger partial charge in [-0.1, -0.05) is 19.1 Å². The van der Waals surface area contributed by atoms with Crippen molar-refractivity contribution < 1.29 is 23.5 Å². The second-order valence-electron chi connectivity index (χ2n) is 4.98. The summed E-state index contributed by atoms with van der Waals surface area (Å²) in [6, 6.07) is 10.4. The van der Waals surface area contributed by atoms with E-state index in [0.29, 0.717) is 22.6 Å². The van der Waals surface area contributed by atoms with E-state index in [1.54, 1.807) is 31.2 Å². The number of rotatable bonds is 3. The maximum Gasteiger partial charge on any atom is 0.310 e. The molecule has 0 aromatic heterocycles. The van der Waals surface area contributed by atoms with Crippen LogP contribution in [0.3, 0.4) is 0 Å². The van der Waals surface area contributed by atoms with Gasteiger partial charge in [0.25, 0.3) is 0 Å². The molecule has 5 heteroatoms. The molecular formula is C18H13FO4. The SMILES string of the molecule is CCC(=O)Oc1ccc2c(c1)OC(=Cc1cccc(F)c1)C2=O. The molecule has 0 atom stereocenters. The number of Topliss-reactive ketones (excluding diaryl/α,β-unsaturated/α-hetero) is 1. The summed E-state index contributed by atoms with van der Waals surface area (Å²) in [7, 11) is 0. The second-order valence-corrected chi connectivity index (χ2v) is 4.98. The fourth-order valence-electron chi connectivity index (χ4n) is 2.18. The number of fused-ring (bicyclic) bond motifs is 1. The van der Waals surface area contributed by atoms with Crippen LogP contribution in [-0.2, 0) is 4.79 Å². The molecule has 1 heterocycles. The summed E-state index contributed by atoms with van der Waals surface area (Å²) in [5.74, 6) is -0.322. The van der Waals surface area contributed by atoms with Crippen molar-refractivity contribution in [3.8, 4) is 11.5 Å². The van der Waals surface area contributed by atoms with Crippen LogP contribution in [0, 0.1) is 5.82 Å². The van der Waals surface area contributed by atoms with Crippen molar-refractivity contribution in [3.63, 3.8) is 0 Å². The van der Waals surface area contributed by atoms with Crippen LogP contribution < -0.4 is 9.47 Å². The third-order valence-electron chi connectivity index (χ3n) is 3.31. The van der Waals surface area contributed by atoms with E-state index >= 15 is 0 Å².